The number of carbonyl (C=O) groups is 2. The van der Waals surface area contributed by atoms with Crippen molar-refractivity contribution in [3.8, 4) is 17.2 Å². The fourth-order valence-corrected chi connectivity index (χ4v) is 2.57. The standard InChI is InChI=1S/C22H26N2O5/c1-14(2)29-20-9-6-16(12-21(20)28-5)7-11-22(26)24-18-13-17(23-15(3)25)8-10-19(18)27-4/h6-14H,1-5H3,(H,23,25)(H,24,26). The van der Waals surface area contributed by atoms with Crippen LogP contribution in [0.1, 0.15) is 26.3 Å². The van der Waals surface area contributed by atoms with Crippen molar-refractivity contribution in [3.05, 3.63) is 48.0 Å². The minimum absolute atomic E-state index is 0.0271. The average molecular weight is 398 g/mol. The second-order valence-corrected chi connectivity index (χ2v) is 6.50. The van der Waals surface area contributed by atoms with E-state index in [2.05, 4.69) is 10.6 Å². The molecule has 0 spiro atoms. The Balaban J connectivity index is 2.14. The van der Waals surface area contributed by atoms with Crippen LogP contribution in [-0.2, 0) is 9.59 Å². The minimum atomic E-state index is -0.343. The maximum atomic E-state index is 12.4. The van der Waals surface area contributed by atoms with Gasteiger partial charge in [0.2, 0.25) is 11.8 Å². The van der Waals surface area contributed by atoms with Gasteiger partial charge in [-0.2, -0.15) is 0 Å². The molecule has 0 heterocycles. The van der Waals surface area contributed by atoms with Crippen LogP contribution in [0.25, 0.3) is 6.08 Å². The summed E-state index contributed by atoms with van der Waals surface area (Å²) in [5.41, 5.74) is 1.79. The number of carbonyl (C=O) groups excluding carboxylic acids is 2. The number of nitrogens with one attached hydrogen (secondary N) is 2. The first-order valence-electron chi connectivity index (χ1n) is 9.11. The summed E-state index contributed by atoms with van der Waals surface area (Å²) in [7, 11) is 3.07. The van der Waals surface area contributed by atoms with Gasteiger partial charge in [-0.05, 0) is 55.8 Å². The molecule has 7 nitrogen and oxygen atoms in total. The van der Waals surface area contributed by atoms with Crippen molar-refractivity contribution >= 4 is 29.3 Å². The first-order valence-corrected chi connectivity index (χ1v) is 9.11. The predicted molar refractivity (Wildman–Crippen MR) is 114 cm³/mol. The van der Waals surface area contributed by atoms with Gasteiger partial charge >= 0.3 is 0 Å². The second-order valence-electron chi connectivity index (χ2n) is 6.50. The zero-order valence-corrected chi connectivity index (χ0v) is 17.2. The van der Waals surface area contributed by atoms with E-state index in [1.54, 1.807) is 43.5 Å². The van der Waals surface area contributed by atoms with Gasteiger partial charge in [-0.15, -0.1) is 0 Å². The summed E-state index contributed by atoms with van der Waals surface area (Å²) < 4.78 is 16.3. The lowest BCUT2D eigenvalue weighted by molar-refractivity contribution is -0.114. The van der Waals surface area contributed by atoms with Gasteiger partial charge < -0.3 is 24.8 Å². The van der Waals surface area contributed by atoms with Gasteiger partial charge in [0.1, 0.15) is 5.75 Å². The van der Waals surface area contributed by atoms with Gasteiger partial charge in [-0.25, -0.2) is 0 Å². The number of rotatable bonds is 8. The highest BCUT2D eigenvalue weighted by molar-refractivity contribution is 6.03. The fraction of sp³-hybridized carbons (Fsp3) is 0.273. The molecule has 2 amide bonds. The number of ether oxygens (including phenoxy) is 3. The molecule has 2 N–H and O–H groups in total. The van der Waals surface area contributed by atoms with E-state index in [-0.39, 0.29) is 17.9 Å². The van der Waals surface area contributed by atoms with Gasteiger partial charge in [0.15, 0.2) is 11.5 Å². The highest BCUT2D eigenvalue weighted by atomic mass is 16.5. The van der Waals surface area contributed by atoms with E-state index < -0.39 is 0 Å². The van der Waals surface area contributed by atoms with Crippen LogP contribution in [0.3, 0.4) is 0 Å². The fourth-order valence-electron chi connectivity index (χ4n) is 2.57. The smallest absolute Gasteiger partial charge is 0.248 e. The Labute approximate surface area is 170 Å². The van der Waals surface area contributed by atoms with Crippen LogP contribution < -0.4 is 24.8 Å². The molecule has 0 fully saturated rings. The topological polar surface area (TPSA) is 85.9 Å². The molecule has 29 heavy (non-hydrogen) atoms. The van der Waals surface area contributed by atoms with E-state index in [9.17, 15) is 9.59 Å². The summed E-state index contributed by atoms with van der Waals surface area (Å²) in [4.78, 5) is 23.6. The third kappa shape index (κ3) is 6.57. The lowest BCUT2D eigenvalue weighted by Crippen LogP contribution is -2.11. The molecule has 0 aliphatic heterocycles. The van der Waals surface area contributed by atoms with Crippen molar-refractivity contribution in [2.45, 2.75) is 26.9 Å². The van der Waals surface area contributed by atoms with Gasteiger partial charge in [0, 0.05) is 18.7 Å². The Kier molecular flexibility index (Phi) is 7.65. The molecule has 0 aromatic heterocycles. The molecule has 0 saturated heterocycles. The first kappa shape index (κ1) is 21.8. The lowest BCUT2D eigenvalue weighted by atomic mass is 10.2. The minimum Gasteiger partial charge on any atom is -0.495 e. The molecule has 154 valence electrons. The summed E-state index contributed by atoms with van der Waals surface area (Å²) in [6.45, 7) is 5.29. The molecule has 7 heteroatoms. The van der Waals surface area contributed by atoms with Crippen molar-refractivity contribution in [3.63, 3.8) is 0 Å². The Bertz CT molecular complexity index is 906. The molecule has 0 aliphatic rings. The summed E-state index contributed by atoms with van der Waals surface area (Å²) in [5, 5.41) is 5.42. The average Bonchev–Trinajstić information content (AvgIpc) is 2.66. The van der Waals surface area contributed by atoms with Gasteiger partial charge in [0.05, 0.1) is 26.0 Å². The van der Waals surface area contributed by atoms with E-state index in [1.165, 1.54) is 20.1 Å². The van der Waals surface area contributed by atoms with E-state index >= 15 is 0 Å². The highest BCUT2D eigenvalue weighted by Crippen LogP contribution is 2.30. The molecule has 2 aromatic carbocycles. The zero-order chi connectivity index (χ0) is 21.4. The number of hydrogen-bond acceptors (Lipinski definition) is 5. The van der Waals surface area contributed by atoms with Crippen LogP contribution in [0.2, 0.25) is 0 Å². The predicted octanol–water partition coefficient (Wildman–Crippen LogP) is 4.10. The Hall–Kier alpha value is -3.48. The van der Waals surface area contributed by atoms with Crippen molar-refractivity contribution in [1.82, 2.24) is 0 Å². The number of amides is 2. The maximum absolute atomic E-state index is 12.4. The largest absolute Gasteiger partial charge is 0.495 e. The van der Waals surface area contributed by atoms with E-state index in [0.717, 1.165) is 5.56 Å². The maximum Gasteiger partial charge on any atom is 0.248 e. The monoisotopic (exact) mass is 398 g/mol. The summed E-state index contributed by atoms with van der Waals surface area (Å²) in [6, 6.07) is 10.4. The summed E-state index contributed by atoms with van der Waals surface area (Å²) in [6.07, 6.45) is 3.10. The number of benzene rings is 2. The van der Waals surface area contributed by atoms with Crippen LogP contribution in [0.15, 0.2) is 42.5 Å². The third-order valence-corrected chi connectivity index (χ3v) is 3.76. The van der Waals surface area contributed by atoms with Crippen LogP contribution in [0, 0.1) is 0 Å². The van der Waals surface area contributed by atoms with Crippen LogP contribution >= 0.6 is 0 Å². The van der Waals surface area contributed by atoms with Crippen LogP contribution in [0.5, 0.6) is 17.2 Å². The molecule has 0 atom stereocenters. The third-order valence-electron chi connectivity index (χ3n) is 3.76. The normalized spacial score (nSPS) is 10.7. The Morgan fingerprint density at radius 2 is 1.62 bits per heavy atom. The van der Waals surface area contributed by atoms with E-state index in [0.29, 0.717) is 28.6 Å². The lowest BCUT2D eigenvalue weighted by Gasteiger charge is -2.13. The number of hydrogen-bond donors (Lipinski definition) is 2. The Morgan fingerprint density at radius 3 is 2.24 bits per heavy atom. The van der Waals surface area contributed by atoms with Crippen LogP contribution in [0.4, 0.5) is 11.4 Å². The van der Waals surface area contributed by atoms with Gasteiger partial charge in [0.25, 0.3) is 0 Å². The molecule has 0 aliphatic carbocycles. The van der Waals surface area contributed by atoms with Crippen molar-refractivity contribution in [2.75, 3.05) is 24.9 Å². The first-order chi connectivity index (χ1) is 13.8. The molecule has 0 radical (unpaired) electrons. The van der Waals surface area contributed by atoms with Gasteiger partial charge in [-0.3, -0.25) is 9.59 Å². The van der Waals surface area contributed by atoms with Crippen molar-refractivity contribution < 1.29 is 23.8 Å². The molecular weight excluding hydrogens is 372 g/mol. The highest BCUT2D eigenvalue weighted by Gasteiger charge is 2.09. The van der Waals surface area contributed by atoms with Crippen molar-refractivity contribution in [1.29, 1.82) is 0 Å². The molecular formula is C22H26N2O5. The van der Waals surface area contributed by atoms with Gasteiger partial charge in [-0.1, -0.05) is 6.07 Å². The number of methoxy groups -OCH3 is 2. The summed E-state index contributed by atoms with van der Waals surface area (Å²) >= 11 is 0. The Morgan fingerprint density at radius 1 is 0.931 bits per heavy atom. The molecule has 2 aromatic rings. The van der Waals surface area contributed by atoms with Crippen LogP contribution in [-0.4, -0.2) is 32.1 Å². The second kappa shape index (κ2) is 10.2. The molecule has 0 bridgehead atoms. The van der Waals surface area contributed by atoms with E-state index in [1.807, 2.05) is 19.9 Å². The molecule has 0 saturated carbocycles. The molecule has 0 unspecified atom stereocenters. The summed E-state index contributed by atoms with van der Waals surface area (Å²) in [5.74, 6) is 1.17. The van der Waals surface area contributed by atoms with E-state index in [4.69, 9.17) is 14.2 Å². The van der Waals surface area contributed by atoms with Crippen molar-refractivity contribution in [2.24, 2.45) is 0 Å². The SMILES string of the molecule is COc1ccc(NC(C)=O)cc1NC(=O)C=Cc1ccc(OC(C)C)c(OC)c1. The molecule has 2 rings (SSSR count). The quantitative estimate of drug-likeness (QED) is 0.654. The zero-order valence-electron chi connectivity index (χ0n) is 17.2. The number of anilines is 2.